The van der Waals surface area contributed by atoms with Crippen LogP contribution in [0, 0.1) is 0 Å². The minimum absolute atomic E-state index is 0.146. The van der Waals surface area contributed by atoms with Crippen LogP contribution in [0.25, 0.3) is 0 Å². The number of carbonyl (C=O) groups is 1. The van der Waals surface area contributed by atoms with Gasteiger partial charge in [0.1, 0.15) is 5.75 Å². The number of nitrogens with one attached hydrogen (secondary N) is 2. The van der Waals surface area contributed by atoms with E-state index in [2.05, 4.69) is 10.6 Å². The van der Waals surface area contributed by atoms with E-state index in [4.69, 9.17) is 9.47 Å². The lowest BCUT2D eigenvalue weighted by Crippen LogP contribution is -2.35. The van der Waals surface area contributed by atoms with Gasteiger partial charge in [0.2, 0.25) is 0 Å². The number of hydrogen-bond donors (Lipinski definition) is 2. The van der Waals surface area contributed by atoms with Crippen LogP contribution in [0.4, 0.5) is 10.5 Å². The number of carbonyl (C=O) groups excluding carboxylic acids is 1. The van der Waals surface area contributed by atoms with E-state index in [1.54, 1.807) is 0 Å². The molecule has 5 nitrogen and oxygen atoms in total. The molecule has 2 amide bonds. The Hall–Kier alpha value is -1.75. The Morgan fingerprint density at radius 1 is 1.47 bits per heavy atom. The largest absolute Gasteiger partial charge is 0.492 e. The molecule has 1 atom stereocenters. The van der Waals surface area contributed by atoms with Crippen LogP contribution >= 0.6 is 0 Å². The van der Waals surface area contributed by atoms with E-state index in [9.17, 15) is 4.79 Å². The Labute approximate surface area is 113 Å². The molecule has 1 aromatic rings. The van der Waals surface area contributed by atoms with Crippen LogP contribution in [0.3, 0.4) is 0 Å². The van der Waals surface area contributed by atoms with Gasteiger partial charge in [-0.25, -0.2) is 4.79 Å². The predicted octanol–water partition coefficient (Wildman–Crippen LogP) is 2.39. The van der Waals surface area contributed by atoms with Gasteiger partial charge in [0, 0.05) is 13.2 Å². The third-order valence-corrected chi connectivity index (χ3v) is 2.95. The highest BCUT2D eigenvalue weighted by molar-refractivity contribution is 5.90. The Kier molecular flexibility index (Phi) is 5.03. The molecule has 0 bridgehead atoms. The third-order valence-electron chi connectivity index (χ3n) is 2.95. The molecule has 0 aliphatic carbocycles. The van der Waals surface area contributed by atoms with Crippen molar-refractivity contribution < 1.29 is 14.3 Å². The van der Waals surface area contributed by atoms with Crippen LogP contribution in [0.5, 0.6) is 5.75 Å². The minimum Gasteiger partial charge on any atom is -0.492 e. The summed E-state index contributed by atoms with van der Waals surface area (Å²) >= 11 is 0. The van der Waals surface area contributed by atoms with Crippen LogP contribution in [0.2, 0.25) is 0 Å². The van der Waals surface area contributed by atoms with E-state index in [1.165, 1.54) is 0 Å². The minimum atomic E-state index is -0.234. The summed E-state index contributed by atoms with van der Waals surface area (Å²) in [4.78, 5) is 11.8. The number of urea groups is 1. The van der Waals surface area contributed by atoms with Crippen molar-refractivity contribution in [3.05, 3.63) is 24.3 Å². The van der Waals surface area contributed by atoms with Crippen LogP contribution < -0.4 is 15.4 Å². The van der Waals surface area contributed by atoms with Crippen molar-refractivity contribution in [3.8, 4) is 5.75 Å². The van der Waals surface area contributed by atoms with Gasteiger partial charge in [-0.1, -0.05) is 12.1 Å². The quantitative estimate of drug-likeness (QED) is 0.858. The van der Waals surface area contributed by atoms with Crippen molar-refractivity contribution in [2.75, 3.05) is 25.1 Å². The zero-order valence-corrected chi connectivity index (χ0v) is 11.1. The number of para-hydroxylation sites is 2. The summed E-state index contributed by atoms with van der Waals surface area (Å²) in [6, 6.07) is 7.15. The Balaban J connectivity index is 1.83. The topological polar surface area (TPSA) is 59.6 Å². The molecule has 5 heteroatoms. The fourth-order valence-electron chi connectivity index (χ4n) is 2.03. The van der Waals surface area contributed by atoms with E-state index in [0.717, 1.165) is 19.4 Å². The monoisotopic (exact) mass is 264 g/mol. The van der Waals surface area contributed by atoms with Crippen LogP contribution in [-0.4, -0.2) is 31.9 Å². The number of hydrogen-bond acceptors (Lipinski definition) is 3. The lowest BCUT2D eigenvalue weighted by molar-refractivity contribution is 0.112. The number of rotatable bonds is 5. The highest BCUT2D eigenvalue weighted by atomic mass is 16.5. The molecule has 0 aromatic heterocycles. The molecule has 1 heterocycles. The molecule has 1 unspecified atom stereocenters. The third kappa shape index (κ3) is 4.13. The van der Waals surface area contributed by atoms with E-state index in [1.807, 2.05) is 31.2 Å². The van der Waals surface area contributed by atoms with E-state index in [-0.39, 0.29) is 12.1 Å². The Morgan fingerprint density at radius 2 is 2.32 bits per heavy atom. The molecule has 1 aromatic carbocycles. The predicted molar refractivity (Wildman–Crippen MR) is 73.6 cm³/mol. The second kappa shape index (κ2) is 6.99. The average Bonchev–Trinajstić information content (AvgIpc) is 2.92. The van der Waals surface area contributed by atoms with E-state index in [0.29, 0.717) is 24.6 Å². The maximum absolute atomic E-state index is 11.8. The molecule has 1 fully saturated rings. The molecular formula is C14H20N2O3. The SMILES string of the molecule is CCOc1ccccc1NC(=O)NCC1CCCO1. The van der Waals surface area contributed by atoms with Gasteiger partial charge in [-0.15, -0.1) is 0 Å². The Morgan fingerprint density at radius 3 is 3.05 bits per heavy atom. The van der Waals surface area contributed by atoms with Gasteiger partial charge in [0.15, 0.2) is 0 Å². The molecular weight excluding hydrogens is 244 g/mol. The Bertz CT molecular complexity index is 417. The molecule has 1 aliphatic heterocycles. The molecule has 104 valence electrons. The second-order valence-electron chi connectivity index (χ2n) is 4.40. The van der Waals surface area contributed by atoms with Crippen molar-refractivity contribution in [1.29, 1.82) is 0 Å². The summed E-state index contributed by atoms with van der Waals surface area (Å²) in [7, 11) is 0. The number of ether oxygens (including phenoxy) is 2. The average molecular weight is 264 g/mol. The summed E-state index contributed by atoms with van der Waals surface area (Å²) < 4.78 is 10.9. The van der Waals surface area contributed by atoms with Gasteiger partial charge >= 0.3 is 6.03 Å². The van der Waals surface area contributed by atoms with Crippen LogP contribution in [0.1, 0.15) is 19.8 Å². The first-order chi connectivity index (χ1) is 9.29. The normalized spacial score (nSPS) is 18.1. The van der Waals surface area contributed by atoms with E-state index < -0.39 is 0 Å². The van der Waals surface area contributed by atoms with Gasteiger partial charge in [-0.3, -0.25) is 0 Å². The van der Waals surface area contributed by atoms with Crippen LogP contribution in [0.15, 0.2) is 24.3 Å². The maximum Gasteiger partial charge on any atom is 0.319 e. The standard InChI is InChI=1S/C14H20N2O3/c1-2-18-13-8-4-3-7-12(13)16-14(17)15-10-11-6-5-9-19-11/h3-4,7-8,11H,2,5-6,9-10H2,1H3,(H2,15,16,17). The lowest BCUT2D eigenvalue weighted by Gasteiger charge is -2.14. The summed E-state index contributed by atoms with van der Waals surface area (Å²) in [5.74, 6) is 0.678. The van der Waals surface area contributed by atoms with Crippen molar-refractivity contribution in [2.24, 2.45) is 0 Å². The fourth-order valence-corrected chi connectivity index (χ4v) is 2.03. The van der Waals surface area contributed by atoms with Crippen molar-refractivity contribution >= 4 is 11.7 Å². The number of amides is 2. The number of anilines is 1. The molecule has 2 rings (SSSR count). The van der Waals surface area contributed by atoms with Crippen LogP contribution in [-0.2, 0) is 4.74 Å². The van der Waals surface area contributed by atoms with Gasteiger partial charge < -0.3 is 20.1 Å². The highest BCUT2D eigenvalue weighted by Crippen LogP contribution is 2.23. The molecule has 0 saturated carbocycles. The summed E-state index contributed by atoms with van der Waals surface area (Å²) in [5, 5.41) is 5.60. The zero-order chi connectivity index (χ0) is 13.5. The molecule has 1 aliphatic rings. The van der Waals surface area contributed by atoms with Gasteiger partial charge in [-0.05, 0) is 31.9 Å². The molecule has 0 radical (unpaired) electrons. The molecule has 0 spiro atoms. The molecule has 1 saturated heterocycles. The first-order valence-corrected chi connectivity index (χ1v) is 6.68. The van der Waals surface area contributed by atoms with Crippen molar-refractivity contribution in [1.82, 2.24) is 5.32 Å². The molecule has 19 heavy (non-hydrogen) atoms. The highest BCUT2D eigenvalue weighted by Gasteiger charge is 2.16. The first-order valence-electron chi connectivity index (χ1n) is 6.68. The second-order valence-corrected chi connectivity index (χ2v) is 4.40. The first kappa shape index (κ1) is 13.7. The summed E-state index contributed by atoms with van der Waals surface area (Å²) in [5.41, 5.74) is 0.675. The van der Waals surface area contributed by atoms with Gasteiger partial charge in [-0.2, -0.15) is 0 Å². The van der Waals surface area contributed by atoms with Crippen molar-refractivity contribution in [3.63, 3.8) is 0 Å². The molecule has 2 N–H and O–H groups in total. The summed E-state index contributed by atoms with van der Waals surface area (Å²) in [6.07, 6.45) is 2.23. The van der Waals surface area contributed by atoms with Gasteiger partial charge in [0.05, 0.1) is 18.4 Å². The number of benzene rings is 1. The fraction of sp³-hybridized carbons (Fsp3) is 0.500. The van der Waals surface area contributed by atoms with E-state index >= 15 is 0 Å². The maximum atomic E-state index is 11.8. The lowest BCUT2D eigenvalue weighted by atomic mass is 10.2. The zero-order valence-electron chi connectivity index (χ0n) is 11.1. The van der Waals surface area contributed by atoms with Crippen molar-refractivity contribution in [2.45, 2.75) is 25.9 Å². The van der Waals surface area contributed by atoms with Gasteiger partial charge in [0.25, 0.3) is 0 Å². The smallest absolute Gasteiger partial charge is 0.319 e. The summed E-state index contributed by atoms with van der Waals surface area (Å²) in [6.45, 7) is 3.81.